The number of benzene rings is 1. The fourth-order valence-electron chi connectivity index (χ4n) is 3.52. The van der Waals surface area contributed by atoms with Crippen LogP contribution in [0.2, 0.25) is 0 Å². The van der Waals surface area contributed by atoms with Gasteiger partial charge in [0.1, 0.15) is 5.76 Å². The van der Waals surface area contributed by atoms with E-state index >= 15 is 0 Å². The Hall–Kier alpha value is -2.36. The van der Waals surface area contributed by atoms with Crippen LogP contribution in [0.3, 0.4) is 0 Å². The molecule has 0 amide bonds. The number of fused-ring (bicyclic) bond motifs is 1. The number of pyridine rings is 2. The van der Waals surface area contributed by atoms with Gasteiger partial charge in [0, 0.05) is 43.2 Å². The summed E-state index contributed by atoms with van der Waals surface area (Å²) in [6, 6.07) is 16.0. The minimum absolute atomic E-state index is 0. The van der Waals surface area contributed by atoms with Gasteiger partial charge in [0.25, 0.3) is 0 Å². The molecule has 1 radical (unpaired) electrons. The zero-order valence-corrected chi connectivity index (χ0v) is 26.5. The first-order valence-corrected chi connectivity index (χ1v) is 12.8. The number of aryl methyl sites for hydroxylation is 1. The van der Waals surface area contributed by atoms with Crippen molar-refractivity contribution in [2.75, 3.05) is 0 Å². The molecule has 0 aliphatic rings. The average Bonchev–Trinajstić information content (AvgIpc) is 2.82. The van der Waals surface area contributed by atoms with Crippen molar-refractivity contribution in [3.63, 3.8) is 0 Å². The predicted molar refractivity (Wildman–Crippen MR) is 151 cm³/mol. The second kappa shape index (κ2) is 12.9. The Balaban J connectivity index is 0.000000423. The molecule has 0 aliphatic carbocycles. The van der Waals surface area contributed by atoms with E-state index in [-0.39, 0.29) is 42.5 Å². The zero-order valence-electron chi connectivity index (χ0n) is 24.1. The van der Waals surface area contributed by atoms with Crippen molar-refractivity contribution in [3.05, 3.63) is 71.6 Å². The molecule has 0 saturated heterocycles. The molecule has 1 N–H and O–H groups in total. The van der Waals surface area contributed by atoms with E-state index in [1.165, 1.54) is 17.2 Å². The smallest absolute Gasteiger partial charge is 0.164 e. The number of hydrogen-bond acceptors (Lipinski definition) is 4. The van der Waals surface area contributed by atoms with E-state index in [4.69, 9.17) is 4.98 Å². The Morgan fingerprint density at radius 1 is 0.946 bits per heavy atom. The Bertz CT molecular complexity index is 1230. The molecule has 3 rings (SSSR count). The van der Waals surface area contributed by atoms with Crippen molar-refractivity contribution >= 4 is 16.8 Å². The second-order valence-corrected chi connectivity index (χ2v) is 11.9. The van der Waals surface area contributed by atoms with Crippen molar-refractivity contribution in [1.82, 2.24) is 9.97 Å². The molecule has 0 aliphatic heterocycles. The molecule has 2 heterocycles. The van der Waals surface area contributed by atoms with Crippen LogP contribution < -0.4 is 0 Å². The van der Waals surface area contributed by atoms with Gasteiger partial charge in [-0.15, -0.1) is 34.9 Å². The van der Waals surface area contributed by atoms with Gasteiger partial charge in [-0.25, -0.2) is 0 Å². The normalized spacial score (nSPS) is 12.4. The number of ketones is 1. The van der Waals surface area contributed by atoms with E-state index in [2.05, 4.69) is 50.9 Å². The third kappa shape index (κ3) is 8.86. The SMILES string of the molecule is CC(C)(C)C(=O)/C=C(\O)C(C)(C)C.CCC(C)(CC)c1cc(C)[c-]c(-c2ccc3ncccc3n2)c1.[Ir]. The molecule has 3 aromatic rings. The van der Waals surface area contributed by atoms with Gasteiger partial charge in [-0.05, 0) is 42.1 Å². The van der Waals surface area contributed by atoms with E-state index < -0.39 is 5.41 Å². The van der Waals surface area contributed by atoms with Crippen LogP contribution in [0.15, 0.2) is 54.4 Å². The molecule has 0 unspecified atom stereocenters. The summed E-state index contributed by atoms with van der Waals surface area (Å²) in [5.74, 6) is 0.104. The third-order valence-electron chi connectivity index (χ3n) is 6.77. The predicted octanol–water partition coefficient (Wildman–Crippen LogP) is 8.57. The zero-order chi connectivity index (χ0) is 27.3. The Kier molecular flexibility index (Phi) is 11.4. The maximum Gasteiger partial charge on any atom is 0.164 e. The van der Waals surface area contributed by atoms with E-state index in [0.717, 1.165) is 35.1 Å². The van der Waals surface area contributed by atoms with Crippen molar-refractivity contribution in [1.29, 1.82) is 0 Å². The molecular weight excluding hydrogens is 637 g/mol. The van der Waals surface area contributed by atoms with Gasteiger partial charge < -0.3 is 5.11 Å². The quantitative estimate of drug-likeness (QED) is 0.167. The van der Waals surface area contributed by atoms with Gasteiger partial charge >= 0.3 is 0 Å². The van der Waals surface area contributed by atoms with E-state index in [0.29, 0.717) is 0 Å². The summed E-state index contributed by atoms with van der Waals surface area (Å²) in [5.41, 5.74) is 5.86. The maximum absolute atomic E-state index is 11.5. The first-order chi connectivity index (χ1) is 16.6. The van der Waals surface area contributed by atoms with Crippen LogP contribution in [0.1, 0.15) is 86.3 Å². The number of nitrogens with zero attached hydrogens (tertiary/aromatic N) is 2. The number of carbonyl (C=O) groups is 1. The molecule has 37 heavy (non-hydrogen) atoms. The second-order valence-electron chi connectivity index (χ2n) is 11.9. The molecule has 0 spiro atoms. The summed E-state index contributed by atoms with van der Waals surface area (Å²) >= 11 is 0. The van der Waals surface area contributed by atoms with Crippen LogP contribution >= 0.6 is 0 Å². The van der Waals surface area contributed by atoms with Crippen molar-refractivity contribution in [2.45, 2.75) is 87.5 Å². The molecule has 1 aromatic carbocycles. The standard InChI is InChI=1S/C21H23N2.C11H20O2.Ir/c1-5-21(4,6-2)17-13-15(3)12-16(14-17)18-9-10-19-20(23-18)8-7-11-22-19;1-10(2,3)8(12)7-9(13)11(4,5)6;/h7-11,13-14H,5-6H2,1-4H3;7,12H,1-6H3;/q-1;;/b;8-7-;. The molecule has 0 atom stereocenters. The molecule has 0 saturated carbocycles. The minimum Gasteiger partial charge on any atom is -0.512 e. The average molecular weight is 680 g/mol. The largest absolute Gasteiger partial charge is 0.512 e. The van der Waals surface area contributed by atoms with Crippen LogP contribution in [0.25, 0.3) is 22.3 Å². The number of allylic oxidation sites excluding steroid dienone is 2. The first kappa shape index (κ1) is 32.7. The number of aliphatic hydroxyl groups excluding tert-OH is 1. The van der Waals surface area contributed by atoms with Gasteiger partial charge in [0.05, 0.1) is 11.0 Å². The van der Waals surface area contributed by atoms with Crippen LogP contribution in [0, 0.1) is 23.8 Å². The van der Waals surface area contributed by atoms with E-state index in [1.807, 2.05) is 65.8 Å². The maximum atomic E-state index is 11.5. The number of aliphatic hydroxyl groups is 1. The summed E-state index contributed by atoms with van der Waals surface area (Å²) in [7, 11) is 0. The van der Waals surface area contributed by atoms with Gasteiger partial charge in [-0.2, -0.15) is 0 Å². The topological polar surface area (TPSA) is 63.1 Å². The third-order valence-corrected chi connectivity index (χ3v) is 6.77. The fourth-order valence-corrected chi connectivity index (χ4v) is 3.52. The van der Waals surface area contributed by atoms with Crippen molar-refractivity contribution < 1.29 is 30.0 Å². The van der Waals surface area contributed by atoms with E-state index in [9.17, 15) is 9.90 Å². The van der Waals surface area contributed by atoms with Crippen LogP contribution in [-0.4, -0.2) is 20.9 Å². The molecule has 5 heteroatoms. The first-order valence-electron chi connectivity index (χ1n) is 12.8. The molecule has 2 aromatic heterocycles. The van der Waals surface area contributed by atoms with Gasteiger partial charge in [-0.1, -0.05) is 75.3 Å². The van der Waals surface area contributed by atoms with Gasteiger partial charge in [0.2, 0.25) is 0 Å². The Morgan fingerprint density at radius 2 is 1.57 bits per heavy atom. The van der Waals surface area contributed by atoms with Crippen LogP contribution in [0.4, 0.5) is 0 Å². The summed E-state index contributed by atoms with van der Waals surface area (Å²) in [4.78, 5) is 20.6. The van der Waals surface area contributed by atoms with Crippen LogP contribution in [-0.2, 0) is 30.3 Å². The Morgan fingerprint density at radius 3 is 2.11 bits per heavy atom. The summed E-state index contributed by atoms with van der Waals surface area (Å²) in [5, 5.41) is 9.56. The van der Waals surface area contributed by atoms with Crippen molar-refractivity contribution in [2.24, 2.45) is 10.8 Å². The minimum atomic E-state index is -0.417. The number of rotatable bonds is 5. The van der Waals surface area contributed by atoms with Gasteiger partial charge in [-0.3, -0.25) is 14.8 Å². The number of aromatic nitrogens is 2. The molecule has 0 fully saturated rings. The molecule has 0 bridgehead atoms. The molecular formula is C32H43IrN2O2-. The Labute approximate surface area is 237 Å². The van der Waals surface area contributed by atoms with E-state index in [1.54, 1.807) is 6.20 Å². The number of hydrogen-bond donors (Lipinski definition) is 1. The monoisotopic (exact) mass is 680 g/mol. The molecule has 203 valence electrons. The van der Waals surface area contributed by atoms with Gasteiger partial charge in [0.15, 0.2) is 5.78 Å². The van der Waals surface area contributed by atoms with Crippen LogP contribution in [0.5, 0.6) is 0 Å². The summed E-state index contributed by atoms with van der Waals surface area (Å²) in [6.45, 7) is 20.1. The molecule has 4 nitrogen and oxygen atoms in total. The summed E-state index contributed by atoms with van der Waals surface area (Å²) < 4.78 is 0. The summed E-state index contributed by atoms with van der Waals surface area (Å²) in [6.07, 6.45) is 5.39. The number of carbonyl (C=O) groups excluding carboxylic acids is 1. The fraction of sp³-hybridized carbons (Fsp3) is 0.469. The van der Waals surface area contributed by atoms with Crippen molar-refractivity contribution in [3.8, 4) is 11.3 Å².